The van der Waals surface area contributed by atoms with E-state index in [4.69, 9.17) is 0 Å². The second-order valence-corrected chi connectivity index (χ2v) is 5.14. The third-order valence-corrected chi connectivity index (χ3v) is 3.74. The Bertz CT molecular complexity index is 537. The standard InChI is InChI=1S/C15H17NO/c1-10-8-13(10)15(17)9-12-7-6-11-4-2-3-5-14(11)16-12/h2-7,10,13,15,17H,8-9H2,1H3. The van der Waals surface area contributed by atoms with Gasteiger partial charge in [-0.05, 0) is 30.4 Å². The van der Waals surface area contributed by atoms with Crippen molar-refractivity contribution in [3.63, 3.8) is 0 Å². The summed E-state index contributed by atoms with van der Waals surface area (Å²) in [6, 6.07) is 12.2. The molecule has 0 radical (unpaired) electrons. The van der Waals surface area contributed by atoms with E-state index in [-0.39, 0.29) is 6.10 Å². The van der Waals surface area contributed by atoms with Gasteiger partial charge in [-0.15, -0.1) is 0 Å². The number of fused-ring (bicyclic) bond motifs is 1. The minimum atomic E-state index is -0.223. The molecule has 88 valence electrons. The number of aromatic nitrogens is 1. The topological polar surface area (TPSA) is 33.1 Å². The molecule has 3 rings (SSSR count). The third-order valence-electron chi connectivity index (χ3n) is 3.74. The Balaban J connectivity index is 1.81. The summed E-state index contributed by atoms with van der Waals surface area (Å²) < 4.78 is 0. The molecular weight excluding hydrogens is 210 g/mol. The Morgan fingerprint density at radius 2 is 2.06 bits per heavy atom. The monoisotopic (exact) mass is 227 g/mol. The van der Waals surface area contributed by atoms with Crippen molar-refractivity contribution in [3.8, 4) is 0 Å². The lowest BCUT2D eigenvalue weighted by atomic mass is 10.1. The van der Waals surface area contributed by atoms with Crippen LogP contribution in [0.15, 0.2) is 36.4 Å². The number of aliphatic hydroxyl groups excluding tert-OH is 1. The van der Waals surface area contributed by atoms with Crippen molar-refractivity contribution in [2.24, 2.45) is 11.8 Å². The molecule has 0 aliphatic heterocycles. The molecule has 1 aromatic heterocycles. The Labute approximate surface area is 101 Å². The quantitative estimate of drug-likeness (QED) is 0.874. The first-order valence-electron chi connectivity index (χ1n) is 6.27. The third kappa shape index (κ3) is 2.18. The van der Waals surface area contributed by atoms with Gasteiger partial charge in [0.2, 0.25) is 0 Å². The average Bonchev–Trinajstić information content (AvgIpc) is 3.06. The van der Waals surface area contributed by atoms with Crippen molar-refractivity contribution in [2.45, 2.75) is 25.9 Å². The fraction of sp³-hybridized carbons (Fsp3) is 0.400. The van der Waals surface area contributed by atoms with Crippen LogP contribution in [0.3, 0.4) is 0 Å². The molecule has 17 heavy (non-hydrogen) atoms. The Morgan fingerprint density at radius 3 is 2.82 bits per heavy atom. The molecular formula is C15H17NO. The molecule has 3 atom stereocenters. The molecule has 1 fully saturated rings. The maximum Gasteiger partial charge on any atom is 0.0705 e. The van der Waals surface area contributed by atoms with Gasteiger partial charge in [0.25, 0.3) is 0 Å². The molecule has 1 N–H and O–H groups in total. The van der Waals surface area contributed by atoms with E-state index in [1.807, 2.05) is 24.3 Å². The van der Waals surface area contributed by atoms with Crippen LogP contribution in [0.25, 0.3) is 10.9 Å². The second kappa shape index (κ2) is 4.11. The molecule has 0 spiro atoms. The first-order chi connectivity index (χ1) is 8.24. The van der Waals surface area contributed by atoms with E-state index < -0.39 is 0 Å². The second-order valence-electron chi connectivity index (χ2n) is 5.14. The van der Waals surface area contributed by atoms with E-state index in [0.29, 0.717) is 18.3 Å². The zero-order valence-corrected chi connectivity index (χ0v) is 10.0. The molecule has 2 aromatic rings. The van der Waals surface area contributed by atoms with Crippen LogP contribution >= 0.6 is 0 Å². The molecule has 2 heteroatoms. The van der Waals surface area contributed by atoms with Crippen molar-refractivity contribution in [3.05, 3.63) is 42.1 Å². The normalized spacial score (nSPS) is 24.8. The van der Waals surface area contributed by atoms with Gasteiger partial charge >= 0.3 is 0 Å². The SMILES string of the molecule is CC1CC1C(O)Cc1ccc2ccccc2n1. The highest BCUT2D eigenvalue weighted by molar-refractivity contribution is 5.78. The van der Waals surface area contributed by atoms with Gasteiger partial charge < -0.3 is 5.11 Å². The highest BCUT2D eigenvalue weighted by atomic mass is 16.3. The zero-order valence-electron chi connectivity index (χ0n) is 10.0. The molecule has 3 unspecified atom stereocenters. The van der Waals surface area contributed by atoms with Gasteiger partial charge in [0.1, 0.15) is 0 Å². The molecule has 2 nitrogen and oxygen atoms in total. The average molecular weight is 227 g/mol. The number of nitrogens with zero attached hydrogens (tertiary/aromatic N) is 1. The van der Waals surface area contributed by atoms with Crippen LogP contribution < -0.4 is 0 Å². The predicted octanol–water partition coefficient (Wildman–Crippen LogP) is 2.79. The number of benzene rings is 1. The van der Waals surface area contributed by atoms with E-state index in [9.17, 15) is 5.11 Å². The number of rotatable bonds is 3. The number of pyridine rings is 1. The molecule has 1 aliphatic rings. The minimum absolute atomic E-state index is 0.223. The van der Waals surface area contributed by atoms with Crippen molar-refractivity contribution in [1.82, 2.24) is 4.98 Å². The van der Waals surface area contributed by atoms with Gasteiger partial charge in [-0.25, -0.2) is 0 Å². The summed E-state index contributed by atoms with van der Waals surface area (Å²) in [7, 11) is 0. The minimum Gasteiger partial charge on any atom is -0.392 e. The molecule has 0 amide bonds. The molecule has 1 heterocycles. The first kappa shape index (κ1) is 10.7. The van der Waals surface area contributed by atoms with Crippen LogP contribution in [0.4, 0.5) is 0 Å². The van der Waals surface area contributed by atoms with Gasteiger partial charge in [-0.3, -0.25) is 4.98 Å². The zero-order chi connectivity index (χ0) is 11.8. The van der Waals surface area contributed by atoms with Gasteiger partial charge in [0, 0.05) is 17.5 Å². The number of hydrogen-bond acceptors (Lipinski definition) is 2. The lowest BCUT2D eigenvalue weighted by Crippen LogP contribution is -2.14. The van der Waals surface area contributed by atoms with Crippen molar-refractivity contribution >= 4 is 10.9 Å². The van der Waals surface area contributed by atoms with Crippen LogP contribution in [0.2, 0.25) is 0 Å². The predicted molar refractivity (Wildman–Crippen MR) is 68.7 cm³/mol. The summed E-state index contributed by atoms with van der Waals surface area (Å²) in [5.74, 6) is 1.17. The Hall–Kier alpha value is -1.41. The highest BCUT2D eigenvalue weighted by Gasteiger charge is 2.38. The molecule has 0 bridgehead atoms. The van der Waals surface area contributed by atoms with Crippen LogP contribution in [-0.2, 0) is 6.42 Å². The number of aliphatic hydroxyl groups is 1. The lowest BCUT2D eigenvalue weighted by Gasteiger charge is -2.09. The van der Waals surface area contributed by atoms with Gasteiger partial charge in [0.15, 0.2) is 0 Å². The summed E-state index contributed by atoms with van der Waals surface area (Å²) in [6.45, 7) is 2.20. The maximum atomic E-state index is 10.0. The smallest absolute Gasteiger partial charge is 0.0705 e. The highest BCUT2D eigenvalue weighted by Crippen LogP contribution is 2.41. The lowest BCUT2D eigenvalue weighted by molar-refractivity contribution is 0.145. The van der Waals surface area contributed by atoms with Crippen LogP contribution in [-0.4, -0.2) is 16.2 Å². The van der Waals surface area contributed by atoms with Crippen molar-refractivity contribution in [2.75, 3.05) is 0 Å². The fourth-order valence-electron chi connectivity index (χ4n) is 2.47. The largest absolute Gasteiger partial charge is 0.392 e. The van der Waals surface area contributed by atoms with Crippen molar-refractivity contribution < 1.29 is 5.11 Å². The van der Waals surface area contributed by atoms with Gasteiger partial charge in [-0.2, -0.15) is 0 Å². The van der Waals surface area contributed by atoms with E-state index >= 15 is 0 Å². The Kier molecular flexibility index (Phi) is 2.60. The maximum absolute atomic E-state index is 10.0. The van der Waals surface area contributed by atoms with Crippen LogP contribution in [0, 0.1) is 11.8 Å². The number of hydrogen-bond donors (Lipinski definition) is 1. The summed E-state index contributed by atoms with van der Waals surface area (Å²) in [4.78, 5) is 4.59. The van der Waals surface area contributed by atoms with E-state index in [1.54, 1.807) is 0 Å². The van der Waals surface area contributed by atoms with Crippen molar-refractivity contribution in [1.29, 1.82) is 0 Å². The summed E-state index contributed by atoms with van der Waals surface area (Å²) in [5.41, 5.74) is 2.01. The fourth-order valence-corrected chi connectivity index (χ4v) is 2.47. The molecule has 0 saturated heterocycles. The molecule has 1 saturated carbocycles. The molecule has 1 aromatic carbocycles. The molecule has 1 aliphatic carbocycles. The number of para-hydroxylation sites is 1. The van der Waals surface area contributed by atoms with Gasteiger partial charge in [0.05, 0.1) is 11.6 Å². The first-order valence-corrected chi connectivity index (χ1v) is 6.27. The van der Waals surface area contributed by atoms with E-state index in [1.165, 1.54) is 0 Å². The van der Waals surface area contributed by atoms with E-state index in [2.05, 4.69) is 24.0 Å². The summed E-state index contributed by atoms with van der Waals surface area (Å²) in [6.07, 6.45) is 1.62. The van der Waals surface area contributed by atoms with E-state index in [0.717, 1.165) is 23.0 Å². The van der Waals surface area contributed by atoms with Crippen LogP contribution in [0.5, 0.6) is 0 Å². The Morgan fingerprint density at radius 1 is 1.29 bits per heavy atom. The summed E-state index contributed by atoms with van der Waals surface area (Å²) >= 11 is 0. The van der Waals surface area contributed by atoms with Gasteiger partial charge in [-0.1, -0.05) is 31.2 Å². The van der Waals surface area contributed by atoms with Crippen LogP contribution in [0.1, 0.15) is 19.0 Å². The summed E-state index contributed by atoms with van der Waals surface area (Å²) in [5, 5.41) is 11.2.